The molecule has 0 amide bonds. The minimum atomic E-state index is -0.185. The molecule has 0 rings (SSSR count). The fraction of sp³-hybridized carbons (Fsp3) is 0.889. The van der Waals surface area contributed by atoms with E-state index in [9.17, 15) is 0 Å². The van der Waals surface area contributed by atoms with Gasteiger partial charge in [0.1, 0.15) is 25.9 Å². The van der Waals surface area contributed by atoms with Crippen LogP contribution < -0.4 is 12.4 Å². The van der Waals surface area contributed by atoms with Gasteiger partial charge in [-0.15, -0.1) is 0 Å². The minimum Gasteiger partial charge on any atom is -1.00 e. The van der Waals surface area contributed by atoms with Crippen molar-refractivity contribution in [1.29, 1.82) is 0 Å². The first-order chi connectivity index (χ1) is 5.52. The first kappa shape index (κ1) is 15.7. The summed E-state index contributed by atoms with van der Waals surface area (Å²) in [6, 6.07) is 0. The fourth-order valence-corrected chi connectivity index (χ4v) is 0.811. The molecule has 1 unspecified atom stereocenters. The van der Waals surface area contributed by atoms with Gasteiger partial charge in [0.25, 0.3) is 0 Å². The highest BCUT2D eigenvalue weighted by Crippen LogP contribution is 2.04. The molecule has 0 N–H and O–H groups in total. The van der Waals surface area contributed by atoms with Crippen LogP contribution in [0.3, 0.4) is 0 Å². The van der Waals surface area contributed by atoms with Crippen LogP contribution in [-0.4, -0.2) is 37.1 Å². The Morgan fingerprint density at radius 3 is 2.31 bits per heavy atom. The summed E-state index contributed by atoms with van der Waals surface area (Å²) in [5.41, 5.74) is -0.185. The van der Waals surface area contributed by atoms with Crippen molar-refractivity contribution in [1.82, 2.24) is 0 Å². The van der Waals surface area contributed by atoms with Gasteiger partial charge in [0.05, 0.1) is 13.0 Å². The standard InChI is InChI=1S/C9H19ClNO.ClH/c1-8(2)7-12-9(10)5-6-11(3)4;/h6,8-9H,5,7H2,1-4H3;1H/q+1;/p-1. The first-order valence-corrected chi connectivity index (χ1v) is 4.71. The molecule has 0 aromatic heterocycles. The number of ether oxygens (including phenoxy) is 1. The van der Waals surface area contributed by atoms with Gasteiger partial charge in [-0.3, -0.25) is 0 Å². The molecule has 0 aromatic rings. The van der Waals surface area contributed by atoms with E-state index < -0.39 is 0 Å². The molecule has 0 bridgehead atoms. The molecule has 0 saturated heterocycles. The van der Waals surface area contributed by atoms with E-state index in [0.29, 0.717) is 5.92 Å². The fourth-order valence-electron chi connectivity index (χ4n) is 0.659. The van der Waals surface area contributed by atoms with E-state index in [-0.39, 0.29) is 18.0 Å². The highest BCUT2D eigenvalue weighted by Gasteiger charge is 2.05. The van der Waals surface area contributed by atoms with Crippen molar-refractivity contribution in [2.24, 2.45) is 5.92 Å². The van der Waals surface area contributed by atoms with Gasteiger partial charge in [-0.05, 0) is 5.92 Å². The summed E-state index contributed by atoms with van der Waals surface area (Å²) in [6.07, 6.45) is 2.78. The summed E-state index contributed by atoms with van der Waals surface area (Å²) < 4.78 is 7.34. The normalized spacial score (nSPS) is 12.2. The van der Waals surface area contributed by atoms with E-state index >= 15 is 0 Å². The molecule has 0 aromatic carbocycles. The molecule has 80 valence electrons. The molecule has 0 fully saturated rings. The Morgan fingerprint density at radius 1 is 1.38 bits per heavy atom. The van der Waals surface area contributed by atoms with Gasteiger partial charge >= 0.3 is 0 Å². The second-order valence-electron chi connectivity index (χ2n) is 3.52. The van der Waals surface area contributed by atoms with Crippen molar-refractivity contribution in [3.8, 4) is 0 Å². The molecule has 0 spiro atoms. The van der Waals surface area contributed by atoms with Crippen LogP contribution in [0.5, 0.6) is 0 Å². The number of alkyl halides is 1. The summed E-state index contributed by atoms with van der Waals surface area (Å²) in [7, 11) is 3.96. The van der Waals surface area contributed by atoms with Crippen molar-refractivity contribution < 1.29 is 21.7 Å². The summed E-state index contributed by atoms with van der Waals surface area (Å²) in [4.78, 5) is 0. The van der Waals surface area contributed by atoms with Crippen LogP contribution in [0.25, 0.3) is 0 Å². The Kier molecular flexibility index (Phi) is 10.6. The molecule has 0 aliphatic carbocycles. The van der Waals surface area contributed by atoms with Crippen LogP contribution in [0.4, 0.5) is 0 Å². The first-order valence-electron chi connectivity index (χ1n) is 4.27. The quantitative estimate of drug-likeness (QED) is 0.332. The van der Waals surface area contributed by atoms with E-state index in [0.717, 1.165) is 13.0 Å². The minimum absolute atomic E-state index is 0. The Balaban J connectivity index is 0. The van der Waals surface area contributed by atoms with E-state index in [2.05, 4.69) is 13.8 Å². The lowest BCUT2D eigenvalue weighted by molar-refractivity contribution is -0.460. The number of halogens is 2. The highest BCUT2D eigenvalue weighted by molar-refractivity contribution is 6.20. The zero-order valence-electron chi connectivity index (χ0n) is 8.76. The second kappa shape index (κ2) is 8.79. The summed E-state index contributed by atoms with van der Waals surface area (Å²) in [6.45, 7) is 4.95. The van der Waals surface area contributed by atoms with Gasteiger partial charge in [-0.2, -0.15) is 0 Å². The van der Waals surface area contributed by atoms with Crippen molar-refractivity contribution in [2.75, 3.05) is 20.7 Å². The van der Waals surface area contributed by atoms with Crippen LogP contribution in [0.1, 0.15) is 20.3 Å². The number of hydrogen-bond donors (Lipinski definition) is 0. The zero-order valence-corrected chi connectivity index (χ0v) is 10.3. The van der Waals surface area contributed by atoms with Crippen LogP contribution in [0.15, 0.2) is 0 Å². The Bertz CT molecular complexity index is 145. The molecule has 0 aliphatic rings. The average molecular weight is 228 g/mol. The maximum absolute atomic E-state index is 5.89. The van der Waals surface area contributed by atoms with Gasteiger partial charge in [-0.1, -0.05) is 25.4 Å². The van der Waals surface area contributed by atoms with Gasteiger partial charge in [-0.25, -0.2) is 4.58 Å². The monoisotopic (exact) mass is 227 g/mol. The molecule has 13 heavy (non-hydrogen) atoms. The predicted octanol–water partition coefficient (Wildman–Crippen LogP) is -1.04. The van der Waals surface area contributed by atoms with Gasteiger partial charge < -0.3 is 17.1 Å². The van der Waals surface area contributed by atoms with Gasteiger partial charge in [0.15, 0.2) is 0 Å². The zero-order chi connectivity index (χ0) is 9.56. The van der Waals surface area contributed by atoms with Crippen LogP contribution in [0.2, 0.25) is 0 Å². The van der Waals surface area contributed by atoms with E-state index in [1.54, 1.807) is 0 Å². The SMILES string of the molecule is CC(C)COC(Cl)CC=[N+](C)C.[Cl-]. The van der Waals surface area contributed by atoms with Crippen molar-refractivity contribution in [3.63, 3.8) is 0 Å². The smallest absolute Gasteiger partial charge is 0.143 e. The summed E-state index contributed by atoms with van der Waals surface area (Å²) in [5.74, 6) is 0.547. The summed E-state index contributed by atoms with van der Waals surface area (Å²) in [5, 5.41) is 0. The molecule has 2 nitrogen and oxygen atoms in total. The topological polar surface area (TPSA) is 12.2 Å². The molecular weight excluding hydrogens is 209 g/mol. The number of rotatable bonds is 5. The lowest BCUT2D eigenvalue weighted by Gasteiger charge is -2.09. The molecular formula is C9H19Cl2NO. The molecule has 0 heterocycles. The third-order valence-corrected chi connectivity index (χ3v) is 1.57. The molecule has 0 aliphatic heterocycles. The molecule has 4 heteroatoms. The lowest BCUT2D eigenvalue weighted by atomic mass is 10.2. The van der Waals surface area contributed by atoms with E-state index in [4.69, 9.17) is 16.3 Å². The third kappa shape index (κ3) is 12.2. The second-order valence-corrected chi connectivity index (χ2v) is 4.01. The Labute approximate surface area is 92.3 Å². The van der Waals surface area contributed by atoms with Crippen molar-refractivity contribution in [3.05, 3.63) is 0 Å². The average Bonchev–Trinajstić information content (AvgIpc) is 1.96. The number of nitrogens with zero attached hydrogens (tertiary/aromatic N) is 1. The maximum Gasteiger partial charge on any atom is 0.143 e. The van der Waals surface area contributed by atoms with Crippen molar-refractivity contribution in [2.45, 2.75) is 25.8 Å². The molecule has 0 radical (unpaired) electrons. The van der Waals surface area contributed by atoms with Crippen LogP contribution >= 0.6 is 11.6 Å². The highest BCUT2D eigenvalue weighted by atomic mass is 35.5. The third-order valence-electron chi connectivity index (χ3n) is 1.27. The lowest BCUT2D eigenvalue weighted by Crippen LogP contribution is -3.00. The largest absolute Gasteiger partial charge is 1.00 e. The van der Waals surface area contributed by atoms with Gasteiger partial charge in [0, 0.05) is 0 Å². The molecule has 1 atom stereocenters. The van der Waals surface area contributed by atoms with Crippen LogP contribution in [0, 0.1) is 5.92 Å². The van der Waals surface area contributed by atoms with Crippen LogP contribution in [-0.2, 0) is 4.74 Å². The van der Waals surface area contributed by atoms with Gasteiger partial charge in [0.2, 0.25) is 0 Å². The Hall–Kier alpha value is 0.210. The van der Waals surface area contributed by atoms with Crippen molar-refractivity contribution >= 4 is 17.8 Å². The maximum atomic E-state index is 5.89. The molecule has 0 saturated carbocycles. The van der Waals surface area contributed by atoms with E-state index in [1.807, 2.05) is 24.9 Å². The van der Waals surface area contributed by atoms with E-state index in [1.165, 1.54) is 0 Å². The predicted molar refractivity (Wildman–Crippen MR) is 53.2 cm³/mol. The summed E-state index contributed by atoms with van der Waals surface area (Å²) >= 11 is 5.89. The number of hydrogen-bond acceptors (Lipinski definition) is 1. The Morgan fingerprint density at radius 2 is 1.92 bits per heavy atom.